The van der Waals surface area contributed by atoms with Crippen molar-refractivity contribution in [3.05, 3.63) is 0 Å². The Balaban J connectivity index is 1.87. The molecule has 1 aliphatic carbocycles. The van der Waals surface area contributed by atoms with Crippen molar-refractivity contribution in [1.29, 1.82) is 0 Å². The average molecular weight is 195 g/mol. The van der Waals surface area contributed by atoms with Crippen molar-refractivity contribution in [1.82, 2.24) is 5.32 Å². The molecule has 2 rings (SSSR count). The first-order valence-corrected chi connectivity index (χ1v) is 6.47. The van der Waals surface area contributed by atoms with Gasteiger partial charge in [0.1, 0.15) is 0 Å². The van der Waals surface area contributed by atoms with Crippen LogP contribution in [0.4, 0.5) is 0 Å². The molecule has 14 heavy (non-hydrogen) atoms. The van der Waals surface area contributed by atoms with Gasteiger partial charge in [0.15, 0.2) is 0 Å². The molecule has 0 amide bonds. The van der Waals surface area contributed by atoms with Crippen molar-refractivity contribution >= 4 is 0 Å². The maximum absolute atomic E-state index is 3.79. The van der Waals surface area contributed by atoms with Crippen molar-refractivity contribution < 1.29 is 0 Å². The van der Waals surface area contributed by atoms with E-state index < -0.39 is 0 Å². The quantitative estimate of drug-likeness (QED) is 0.676. The molecule has 1 spiro atoms. The van der Waals surface area contributed by atoms with Crippen LogP contribution in [0, 0.1) is 11.8 Å². The van der Waals surface area contributed by atoms with Crippen LogP contribution in [-0.2, 0) is 0 Å². The Kier molecular flexibility index (Phi) is 3.16. The van der Waals surface area contributed by atoms with Gasteiger partial charge in [-0.1, -0.05) is 20.3 Å². The van der Waals surface area contributed by atoms with Crippen molar-refractivity contribution in [2.75, 3.05) is 6.54 Å². The predicted octanol–water partition coefficient (Wildman–Crippen LogP) is 3.34. The summed E-state index contributed by atoms with van der Waals surface area (Å²) in [5.41, 5.74) is 0.573. The van der Waals surface area contributed by atoms with Crippen LogP contribution in [0.3, 0.4) is 0 Å². The van der Waals surface area contributed by atoms with Gasteiger partial charge in [-0.05, 0) is 56.9 Å². The fourth-order valence-electron chi connectivity index (χ4n) is 3.32. The molecule has 82 valence electrons. The maximum Gasteiger partial charge on any atom is 0.0181 e. The summed E-state index contributed by atoms with van der Waals surface area (Å²) in [4.78, 5) is 0. The Labute approximate surface area is 88.7 Å². The number of hydrogen-bond donors (Lipinski definition) is 1. The molecule has 2 fully saturated rings. The third-order valence-electron chi connectivity index (χ3n) is 4.51. The van der Waals surface area contributed by atoms with Gasteiger partial charge in [-0.15, -0.1) is 0 Å². The molecule has 2 aliphatic rings. The summed E-state index contributed by atoms with van der Waals surface area (Å²) in [6, 6.07) is 0. The van der Waals surface area contributed by atoms with E-state index in [0.717, 1.165) is 11.8 Å². The Morgan fingerprint density at radius 2 is 1.79 bits per heavy atom. The van der Waals surface area contributed by atoms with E-state index >= 15 is 0 Å². The molecule has 1 heteroatoms. The fourth-order valence-corrected chi connectivity index (χ4v) is 3.32. The molecule has 0 aromatic rings. The molecule has 0 unspecified atom stereocenters. The first-order chi connectivity index (χ1) is 6.72. The van der Waals surface area contributed by atoms with Gasteiger partial charge in [-0.3, -0.25) is 0 Å². The number of hydrogen-bond acceptors (Lipinski definition) is 1. The van der Waals surface area contributed by atoms with Crippen LogP contribution in [0.5, 0.6) is 0 Å². The Hall–Kier alpha value is -0.0400. The second-order valence-corrected chi connectivity index (χ2v) is 5.75. The summed E-state index contributed by atoms with van der Waals surface area (Å²) in [6.07, 6.45) is 10.1. The normalized spacial score (nSPS) is 39.2. The van der Waals surface area contributed by atoms with Crippen LogP contribution in [-0.4, -0.2) is 12.1 Å². The van der Waals surface area contributed by atoms with Crippen LogP contribution in [0.1, 0.15) is 58.8 Å². The topological polar surface area (TPSA) is 12.0 Å². The summed E-state index contributed by atoms with van der Waals surface area (Å²) >= 11 is 0. The fraction of sp³-hybridized carbons (Fsp3) is 1.00. The van der Waals surface area contributed by atoms with E-state index in [1.54, 1.807) is 0 Å². The lowest BCUT2D eigenvalue weighted by Crippen LogP contribution is -2.51. The SMILES string of the molecule is CC(C)C1CCC2(CCCCN2)CC1. The molecule has 0 aromatic heterocycles. The summed E-state index contributed by atoms with van der Waals surface area (Å²) in [7, 11) is 0. The van der Waals surface area contributed by atoms with Crippen molar-refractivity contribution in [3.63, 3.8) is 0 Å². The monoisotopic (exact) mass is 195 g/mol. The molecule has 0 radical (unpaired) electrons. The smallest absolute Gasteiger partial charge is 0.0181 e. The van der Waals surface area contributed by atoms with Crippen LogP contribution < -0.4 is 5.32 Å². The highest BCUT2D eigenvalue weighted by Gasteiger charge is 2.36. The van der Waals surface area contributed by atoms with Crippen molar-refractivity contribution in [2.45, 2.75) is 64.3 Å². The first kappa shape index (κ1) is 10.5. The van der Waals surface area contributed by atoms with Crippen LogP contribution in [0.15, 0.2) is 0 Å². The van der Waals surface area contributed by atoms with E-state index in [-0.39, 0.29) is 0 Å². The second-order valence-electron chi connectivity index (χ2n) is 5.75. The molecule has 1 aliphatic heterocycles. The van der Waals surface area contributed by atoms with Crippen molar-refractivity contribution in [3.8, 4) is 0 Å². The van der Waals surface area contributed by atoms with Crippen molar-refractivity contribution in [2.24, 2.45) is 11.8 Å². The number of piperidine rings is 1. The summed E-state index contributed by atoms with van der Waals surface area (Å²) in [5.74, 6) is 1.90. The van der Waals surface area contributed by atoms with Gasteiger partial charge < -0.3 is 5.32 Å². The minimum absolute atomic E-state index is 0.573. The predicted molar refractivity (Wildman–Crippen MR) is 61.4 cm³/mol. The zero-order chi connectivity index (χ0) is 10.0. The Morgan fingerprint density at radius 1 is 1.07 bits per heavy atom. The van der Waals surface area contributed by atoms with Gasteiger partial charge in [-0.2, -0.15) is 0 Å². The van der Waals surface area contributed by atoms with Gasteiger partial charge in [0.25, 0.3) is 0 Å². The number of nitrogens with one attached hydrogen (secondary N) is 1. The van der Waals surface area contributed by atoms with E-state index in [0.29, 0.717) is 5.54 Å². The summed E-state index contributed by atoms with van der Waals surface area (Å²) in [6.45, 7) is 6.04. The zero-order valence-electron chi connectivity index (χ0n) is 9.81. The Bertz CT molecular complexity index is 170. The number of rotatable bonds is 1. The summed E-state index contributed by atoms with van der Waals surface area (Å²) < 4.78 is 0. The van der Waals surface area contributed by atoms with Gasteiger partial charge in [0.05, 0.1) is 0 Å². The van der Waals surface area contributed by atoms with Gasteiger partial charge in [-0.25, -0.2) is 0 Å². The van der Waals surface area contributed by atoms with Gasteiger partial charge >= 0.3 is 0 Å². The Morgan fingerprint density at radius 3 is 2.29 bits per heavy atom. The third-order valence-corrected chi connectivity index (χ3v) is 4.51. The molecular formula is C13H25N. The van der Waals surface area contributed by atoms with Crippen LogP contribution in [0.2, 0.25) is 0 Å². The van der Waals surface area contributed by atoms with E-state index in [2.05, 4.69) is 19.2 Å². The van der Waals surface area contributed by atoms with Gasteiger partial charge in [0, 0.05) is 5.54 Å². The van der Waals surface area contributed by atoms with E-state index in [1.807, 2.05) is 0 Å². The molecule has 0 aromatic carbocycles. The zero-order valence-corrected chi connectivity index (χ0v) is 9.81. The lowest BCUT2D eigenvalue weighted by Gasteiger charge is -2.44. The minimum atomic E-state index is 0.573. The standard InChI is InChI=1S/C13H25N/c1-11(2)12-5-8-13(9-6-12)7-3-4-10-14-13/h11-12,14H,3-10H2,1-2H3. The highest BCUT2D eigenvalue weighted by atomic mass is 15.0. The molecule has 1 saturated carbocycles. The van der Waals surface area contributed by atoms with Crippen LogP contribution in [0.25, 0.3) is 0 Å². The van der Waals surface area contributed by atoms with E-state index in [4.69, 9.17) is 0 Å². The molecule has 1 heterocycles. The largest absolute Gasteiger partial charge is 0.311 e. The lowest BCUT2D eigenvalue weighted by molar-refractivity contribution is 0.133. The molecule has 0 bridgehead atoms. The molecule has 0 atom stereocenters. The average Bonchev–Trinajstić information content (AvgIpc) is 2.19. The first-order valence-electron chi connectivity index (χ1n) is 6.47. The van der Waals surface area contributed by atoms with E-state index in [1.165, 1.54) is 51.5 Å². The molecule has 1 nitrogen and oxygen atoms in total. The van der Waals surface area contributed by atoms with Crippen LogP contribution >= 0.6 is 0 Å². The van der Waals surface area contributed by atoms with Gasteiger partial charge in [0.2, 0.25) is 0 Å². The molecule has 1 N–H and O–H groups in total. The second kappa shape index (κ2) is 4.22. The maximum atomic E-state index is 3.79. The lowest BCUT2D eigenvalue weighted by atomic mass is 9.70. The summed E-state index contributed by atoms with van der Waals surface area (Å²) in [5, 5.41) is 3.79. The highest BCUT2D eigenvalue weighted by molar-refractivity contribution is 4.95. The third kappa shape index (κ3) is 2.13. The minimum Gasteiger partial charge on any atom is -0.311 e. The highest BCUT2D eigenvalue weighted by Crippen LogP contribution is 2.39. The molecule has 1 saturated heterocycles. The molecular weight excluding hydrogens is 170 g/mol. The van der Waals surface area contributed by atoms with E-state index in [9.17, 15) is 0 Å².